The highest BCUT2D eigenvalue weighted by atomic mass is 16.2. The lowest BCUT2D eigenvalue weighted by atomic mass is 10.0. The van der Waals surface area contributed by atoms with Crippen molar-refractivity contribution in [3.63, 3.8) is 0 Å². The van der Waals surface area contributed by atoms with E-state index in [0.29, 0.717) is 43.6 Å². The predicted octanol–water partition coefficient (Wildman–Crippen LogP) is 2.99. The number of aromatic nitrogens is 3. The molecule has 152 valence electrons. The Balaban J connectivity index is 1.46. The van der Waals surface area contributed by atoms with Crippen LogP contribution in [0.3, 0.4) is 0 Å². The lowest BCUT2D eigenvalue weighted by Gasteiger charge is -2.36. The van der Waals surface area contributed by atoms with Gasteiger partial charge < -0.3 is 9.80 Å². The van der Waals surface area contributed by atoms with Crippen LogP contribution in [0.4, 0.5) is 5.82 Å². The summed E-state index contributed by atoms with van der Waals surface area (Å²) in [5, 5.41) is 9.86. The average Bonchev–Trinajstić information content (AvgIpc) is 3.71. The zero-order chi connectivity index (χ0) is 20.7. The molecule has 0 aromatic carbocycles. The van der Waals surface area contributed by atoms with E-state index < -0.39 is 0 Å². The number of hydrogen-bond donors (Lipinski definition) is 0. The normalized spacial score (nSPS) is 18.8. The van der Waals surface area contributed by atoms with Gasteiger partial charge in [0.05, 0.1) is 22.6 Å². The van der Waals surface area contributed by atoms with Crippen LogP contribution in [0, 0.1) is 17.2 Å². The third kappa shape index (κ3) is 3.54. The number of hydrogen-bond acceptors (Lipinski definition) is 6. The first-order valence-electron chi connectivity index (χ1n) is 10.6. The van der Waals surface area contributed by atoms with Crippen molar-refractivity contribution in [1.29, 1.82) is 5.26 Å². The highest BCUT2D eigenvalue weighted by Crippen LogP contribution is 2.44. The van der Waals surface area contributed by atoms with Gasteiger partial charge in [-0.05, 0) is 43.9 Å². The van der Waals surface area contributed by atoms with Gasteiger partial charge in [0.15, 0.2) is 0 Å². The molecule has 3 fully saturated rings. The van der Waals surface area contributed by atoms with Gasteiger partial charge in [0.1, 0.15) is 18.2 Å². The Morgan fingerprint density at radius 1 is 1.13 bits per heavy atom. The summed E-state index contributed by atoms with van der Waals surface area (Å²) in [7, 11) is 0. The third-order valence-electron chi connectivity index (χ3n) is 6.11. The summed E-state index contributed by atoms with van der Waals surface area (Å²) in [5.74, 6) is 1.68. The quantitative estimate of drug-likeness (QED) is 0.767. The molecule has 7 heteroatoms. The number of carbonyl (C=O) groups excluding carboxylic acids is 1. The minimum atomic E-state index is 0.249. The van der Waals surface area contributed by atoms with Crippen LogP contribution in [0.25, 0.3) is 17.3 Å². The van der Waals surface area contributed by atoms with Crippen LogP contribution < -0.4 is 4.90 Å². The molecule has 1 amide bonds. The minimum Gasteiger partial charge on any atom is -0.352 e. The summed E-state index contributed by atoms with van der Waals surface area (Å²) in [5.41, 5.74) is 3.99. The summed E-state index contributed by atoms with van der Waals surface area (Å²) >= 11 is 0. The second kappa shape index (κ2) is 7.52. The van der Waals surface area contributed by atoms with Crippen molar-refractivity contribution in [2.45, 2.75) is 31.6 Å². The Hall–Kier alpha value is -3.27. The summed E-state index contributed by atoms with van der Waals surface area (Å²) in [6, 6.07) is 6.14. The number of amides is 1. The lowest BCUT2D eigenvalue weighted by Crippen LogP contribution is -2.49. The molecule has 0 bridgehead atoms. The van der Waals surface area contributed by atoms with E-state index in [1.54, 1.807) is 6.08 Å². The fraction of sp³-hybridized carbons (Fsp3) is 0.435. The van der Waals surface area contributed by atoms with E-state index in [-0.39, 0.29) is 5.92 Å². The molecule has 2 saturated carbocycles. The fourth-order valence-electron chi connectivity index (χ4n) is 4.07. The lowest BCUT2D eigenvalue weighted by molar-refractivity contribution is -0.132. The fourth-order valence-corrected chi connectivity index (χ4v) is 4.07. The van der Waals surface area contributed by atoms with E-state index >= 15 is 0 Å². The predicted molar refractivity (Wildman–Crippen MR) is 114 cm³/mol. The van der Waals surface area contributed by atoms with Gasteiger partial charge in [-0.15, -0.1) is 0 Å². The number of pyridine rings is 1. The number of rotatable bonds is 5. The largest absolute Gasteiger partial charge is 0.352 e. The van der Waals surface area contributed by atoms with Crippen LogP contribution in [-0.2, 0) is 4.79 Å². The van der Waals surface area contributed by atoms with Crippen LogP contribution in [-0.4, -0.2) is 51.9 Å². The van der Waals surface area contributed by atoms with Gasteiger partial charge in [-0.25, -0.2) is 15.0 Å². The Labute approximate surface area is 176 Å². The zero-order valence-electron chi connectivity index (χ0n) is 16.9. The Morgan fingerprint density at radius 3 is 2.53 bits per heavy atom. The molecule has 2 aromatic heterocycles. The molecule has 0 radical (unpaired) electrons. The van der Waals surface area contributed by atoms with Gasteiger partial charge in [-0.3, -0.25) is 4.79 Å². The van der Waals surface area contributed by atoms with E-state index in [1.165, 1.54) is 6.33 Å². The number of nitriles is 1. The van der Waals surface area contributed by atoms with Gasteiger partial charge >= 0.3 is 0 Å². The van der Waals surface area contributed by atoms with Crippen LogP contribution in [0.15, 0.2) is 25.0 Å². The molecular weight excluding hydrogens is 376 g/mol. The molecule has 5 rings (SSSR count). The van der Waals surface area contributed by atoms with Crippen molar-refractivity contribution >= 4 is 17.8 Å². The molecule has 0 spiro atoms. The summed E-state index contributed by atoms with van der Waals surface area (Å²) in [6.45, 7) is 6.58. The first-order chi connectivity index (χ1) is 14.7. The van der Waals surface area contributed by atoms with Crippen molar-refractivity contribution in [3.8, 4) is 17.3 Å². The molecule has 0 atom stereocenters. The second-order valence-electron chi connectivity index (χ2n) is 8.30. The molecule has 7 nitrogen and oxygen atoms in total. The molecule has 2 aromatic rings. The molecular formula is C23H24N6O. The van der Waals surface area contributed by atoms with E-state index in [9.17, 15) is 10.1 Å². The highest BCUT2D eigenvalue weighted by Gasteiger charge is 2.36. The topological polar surface area (TPSA) is 86.0 Å². The molecule has 0 N–H and O–H groups in total. The first kappa shape index (κ1) is 18.7. The first-order valence-corrected chi connectivity index (χ1v) is 10.6. The molecule has 3 aliphatic rings. The number of piperazine rings is 1. The SMILES string of the molecule is C=Cc1cc(-c2cc(C#N)c(N3CCN(C(=O)C4CC4)CC3)nc2C2CC2)ncn1. The van der Waals surface area contributed by atoms with Crippen LogP contribution in [0.2, 0.25) is 0 Å². The molecule has 1 saturated heterocycles. The zero-order valence-corrected chi connectivity index (χ0v) is 16.9. The van der Waals surface area contributed by atoms with Crippen molar-refractivity contribution in [2.75, 3.05) is 31.1 Å². The number of carbonyl (C=O) groups is 1. The smallest absolute Gasteiger partial charge is 0.225 e. The molecule has 30 heavy (non-hydrogen) atoms. The number of nitrogens with zero attached hydrogens (tertiary/aromatic N) is 6. The van der Waals surface area contributed by atoms with Gasteiger partial charge in [0, 0.05) is 43.6 Å². The maximum absolute atomic E-state index is 12.4. The summed E-state index contributed by atoms with van der Waals surface area (Å²) < 4.78 is 0. The Bertz CT molecular complexity index is 1040. The summed E-state index contributed by atoms with van der Waals surface area (Å²) in [4.78, 5) is 30.1. The average molecular weight is 400 g/mol. The highest BCUT2D eigenvalue weighted by molar-refractivity contribution is 5.81. The van der Waals surface area contributed by atoms with Crippen molar-refractivity contribution in [1.82, 2.24) is 19.9 Å². The van der Waals surface area contributed by atoms with Crippen molar-refractivity contribution < 1.29 is 4.79 Å². The standard InChI is InChI=1S/C23H24N6O/c1-2-18-12-20(26-14-25-18)19-11-17(13-24)22(27-21(19)15-3-4-15)28-7-9-29(10-8-28)23(30)16-5-6-16/h2,11-12,14-16H,1,3-10H2. The second-order valence-corrected chi connectivity index (χ2v) is 8.30. The molecule has 1 aliphatic heterocycles. The maximum atomic E-state index is 12.4. The van der Waals surface area contributed by atoms with Crippen molar-refractivity contribution in [3.05, 3.63) is 42.0 Å². The third-order valence-corrected chi connectivity index (χ3v) is 6.11. The van der Waals surface area contributed by atoms with Crippen LogP contribution in [0.5, 0.6) is 0 Å². The number of anilines is 1. The monoisotopic (exact) mass is 400 g/mol. The minimum absolute atomic E-state index is 0.249. The van der Waals surface area contributed by atoms with Gasteiger partial charge in [-0.2, -0.15) is 5.26 Å². The molecule has 3 heterocycles. The summed E-state index contributed by atoms with van der Waals surface area (Å²) in [6.07, 6.45) is 7.49. The maximum Gasteiger partial charge on any atom is 0.225 e. The van der Waals surface area contributed by atoms with E-state index in [1.807, 2.05) is 17.0 Å². The Morgan fingerprint density at radius 2 is 1.90 bits per heavy atom. The molecule has 2 aliphatic carbocycles. The van der Waals surface area contributed by atoms with Crippen LogP contribution >= 0.6 is 0 Å². The van der Waals surface area contributed by atoms with Crippen LogP contribution in [0.1, 0.15) is 48.6 Å². The Kier molecular flexibility index (Phi) is 4.70. The van der Waals surface area contributed by atoms with E-state index in [4.69, 9.17) is 4.98 Å². The van der Waals surface area contributed by atoms with E-state index in [2.05, 4.69) is 27.5 Å². The van der Waals surface area contributed by atoms with Gasteiger partial charge in [-0.1, -0.05) is 6.58 Å². The van der Waals surface area contributed by atoms with Gasteiger partial charge in [0.2, 0.25) is 5.91 Å². The van der Waals surface area contributed by atoms with E-state index in [0.717, 1.165) is 54.1 Å². The van der Waals surface area contributed by atoms with Crippen molar-refractivity contribution in [2.24, 2.45) is 5.92 Å². The molecule has 0 unspecified atom stereocenters. The van der Waals surface area contributed by atoms with Gasteiger partial charge in [0.25, 0.3) is 0 Å².